The van der Waals surface area contributed by atoms with Crippen molar-refractivity contribution in [3.63, 3.8) is 0 Å². The van der Waals surface area contributed by atoms with Gasteiger partial charge < -0.3 is 14.8 Å². The summed E-state index contributed by atoms with van der Waals surface area (Å²) in [5.74, 6) is 0.733. The average molecular weight is 351 g/mol. The summed E-state index contributed by atoms with van der Waals surface area (Å²) in [6.07, 6.45) is 0.939. The minimum atomic E-state index is -0.224. The van der Waals surface area contributed by atoms with E-state index in [1.165, 1.54) is 16.7 Å². The molecule has 0 aromatic heterocycles. The zero-order chi connectivity index (χ0) is 18.1. The molecule has 2 aliphatic rings. The molecule has 0 saturated carbocycles. The van der Waals surface area contributed by atoms with Crippen molar-refractivity contribution in [1.82, 2.24) is 5.32 Å². The fourth-order valence-corrected chi connectivity index (χ4v) is 4.14. The third-order valence-electron chi connectivity index (χ3n) is 5.49. The maximum atomic E-state index is 12.8. The first-order valence-electron chi connectivity index (χ1n) is 9.39. The Morgan fingerprint density at radius 3 is 2.73 bits per heavy atom. The summed E-state index contributed by atoms with van der Waals surface area (Å²) in [6.45, 7) is 5.85. The lowest BCUT2D eigenvalue weighted by molar-refractivity contribution is -0.148. The Balaban J connectivity index is 1.67. The summed E-state index contributed by atoms with van der Waals surface area (Å²) in [6, 6.07) is 14.7. The summed E-state index contributed by atoms with van der Waals surface area (Å²) < 4.78 is 11.1. The van der Waals surface area contributed by atoms with Crippen molar-refractivity contribution in [3.8, 4) is 5.75 Å². The van der Waals surface area contributed by atoms with Crippen LogP contribution in [-0.4, -0.2) is 25.7 Å². The first-order valence-corrected chi connectivity index (χ1v) is 9.39. The highest BCUT2D eigenvalue weighted by Gasteiger charge is 2.43. The molecule has 0 amide bonds. The maximum Gasteiger partial charge on any atom is 0.311 e. The van der Waals surface area contributed by atoms with Crippen molar-refractivity contribution >= 4 is 5.97 Å². The van der Waals surface area contributed by atoms with Gasteiger partial charge in [0.15, 0.2) is 0 Å². The minimum absolute atomic E-state index is 0.0239. The van der Waals surface area contributed by atoms with Gasteiger partial charge >= 0.3 is 5.97 Å². The molecule has 0 bridgehead atoms. The van der Waals surface area contributed by atoms with E-state index >= 15 is 0 Å². The van der Waals surface area contributed by atoms with Gasteiger partial charge in [-0.05, 0) is 36.6 Å². The molecule has 1 fully saturated rings. The normalized spacial score (nSPS) is 24.2. The second-order valence-electron chi connectivity index (χ2n) is 7.15. The summed E-state index contributed by atoms with van der Waals surface area (Å²) in [5, 5.41) is 3.57. The smallest absolute Gasteiger partial charge is 0.311 e. The Kier molecular flexibility index (Phi) is 4.68. The molecule has 26 heavy (non-hydrogen) atoms. The summed E-state index contributed by atoms with van der Waals surface area (Å²) in [7, 11) is 0. The Morgan fingerprint density at radius 2 is 1.96 bits per heavy atom. The molecular weight excluding hydrogens is 326 g/mol. The number of carbonyl (C=O) groups is 1. The molecule has 3 atom stereocenters. The molecule has 136 valence electrons. The SMILES string of the molecule is CCOC(=O)[C@@H]1[C@@H](c2ccc3c(c2)CCO3)CN[C@H]1c1ccc(C)cc1. The van der Waals surface area contributed by atoms with Gasteiger partial charge in [-0.3, -0.25) is 4.79 Å². The van der Waals surface area contributed by atoms with Crippen molar-refractivity contribution in [2.45, 2.75) is 32.2 Å². The van der Waals surface area contributed by atoms with Crippen LogP contribution in [0, 0.1) is 12.8 Å². The number of benzene rings is 2. The quantitative estimate of drug-likeness (QED) is 0.856. The summed E-state index contributed by atoms with van der Waals surface area (Å²) in [5.41, 5.74) is 4.79. The molecule has 4 rings (SSSR count). The molecule has 0 radical (unpaired) electrons. The van der Waals surface area contributed by atoms with E-state index < -0.39 is 0 Å². The van der Waals surface area contributed by atoms with Crippen LogP contribution in [0.15, 0.2) is 42.5 Å². The molecule has 0 spiro atoms. The molecule has 1 N–H and O–H groups in total. The highest BCUT2D eigenvalue weighted by Crippen LogP contribution is 2.42. The van der Waals surface area contributed by atoms with E-state index in [0.29, 0.717) is 6.61 Å². The highest BCUT2D eigenvalue weighted by molar-refractivity contribution is 5.76. The molecule has 2 aromatic carbocycles. The van der Waals surface area contributed by atoms with Crippen LogP contribution >= 0.6 is 0 Å². The Bertz CT molecular complexity index is 800. The van der Waals surface area contributed by atoms with E-state index in [2.05, 4.69) is 48.6 Å². The number of hydrogen-bond donors (Lipinski definition) is 1. The molecule has 2 heterocycles. The number of carbonyl (C=O) groups excluding carboxylic acids is 1. The zero-order valence-corrected chi connectivity index (χ0v) is 15.3. The molecular formula is C22H25NO3. The Hall–Kier alpha value is -2.33. The van der Waals surface area contributed by atoms with Crippen LogP contribution in [0.3, 0.4) is 0 Å². The van der Waals surface area contributed by atoms with Gasteiger partial charge in [0.1, 0.15) is 5.75 Å². The second kappa shape index (κ2) is 7.12. The zero-order valence-electron chi connectivity index (χ0n) is 15.3. The van der Waals surface area contributed by atoms with Crippen LogP contribution < -0.4 is 10.1 Å². The number of esters is 1. The summed E-state index contributed by atoms with van der Waals surface area (Å²) >= 11 is 0. The van der Waals surface area contributed by atoms with E-state index in [0.717, 1.165) is 30.9 Å². The molecule has 2 aromatic rings. The van der Waals surface area contributed by atoms with Crippen molar-refractivity contribution in [1.29, 1.82) is 0 Å². The number of hydrogen-bond acceptors (Lipinski definition) is 4. The monoisotopic (exact) mass is 351 g/mol. The van der Waals surface area contributed by atoms with Crippen LogP contribution in [0.2, 0.25) is 0 Å². The van der Waals surface area contributed by atoms with E-state index in [4.69, 9.17) is 9.47 Å². The number of nitrogens with one attached hydrogen (secondary N) is 1. The molecule has 0 aliphatic carbocycles. The fraction of sp³-hybridized carbons (Fsp3) is 0.409. The minimum Gasteiger partial charge on any atom is -0.493 e. The molecule has 2 aliphatic heterocycles. The predicted molar refractivity (Wildman–Crippen MR) is 100 cm³/mol. The largest absolute Gasteiger partial charge is 0.493 e. The van der Waals surface area contributed by atoms with Crippen LogP contribution in [-0.2, 0) is 16.0 Å². The van der Waals surface area contributed by atoms with E-state index in [1.54, 1.807) is 0 Å². The van der Waals surface area contributed by atoms with Crippen LogP contribution in [0.4, 0.5) is 0 Å². The van der Waals surface area contributed by atoms with Gasteiger partial charge in [0, 0.05) is 24.9 Å². The van der Waals surface area contributed by atoms with E-state index in [9.17, 15) is 4.79 Å². The average Bonchev–Trinajstić information content (AvgIpc) is 3.28. The number of ether oxygens (including phenoxy) is 2. The highest BCUT2D eigenvalue weighted by atomic mass is 16.5. The molecule has 4 heteroatoms. The lowest BCUT2D eigenvalue weighted by Crippen LogP contribution is -2.27. The van der Waals surface area contributed by atoms with E-state index in [1.807, 2.05) is 13.0 Å². The molecule has 1 saturated heterocycles. The predicted octanol–water partition coefficient (Wildman–Crippen LogP) is 3.54. The van der Waals surface area contributed by atoms with Gasteiger partial charge in [0.05, 0.1) is 19.1 Å². The Labute approximate surface area is 154 Å². The number of rotatable bonds is 4. The molecule has 0 unspecified atom stereocenters. The van der Waals surface area contributed by atoms with Gasteiger partial charge in [0.25, 0.3) is 0 Å². The maximum absolute atomic E-state index is 12.8. The number of aryl methyl sites for hydroxylation is 1. The first-order chi connectivity index (χ1) is 12.7. The van der Waals surface area contributed by atoms with Crippen molar-refractivity contribution in [2.75, 3.05) is 19.8 Å². The van der Waals surface area contributed by atoms with Gasteiger partial charge in [-0.1, -0.05) is 42.0 Å². The van der Waals surface area contributed by atoms with Crippen LogP contribution in [0.25, 0.3) is 0 Å². The standard InChI is InChI=1S/C22H25NO3/c1-3-25-22(24)20-18(16-8-9-19-17(12-16)10-11-26-19)13-23-21(20)15-6-4-14(2)5-7-15/h4-9,12,18,20-21,23H,3,10-11,13H2,1-2H3/t18-,20-,21+/m1/s1. The topological polar surface area (TPSA) is 47.6 Å². The third-order valence-corrected chi connectivity index (χ3v) is 5.49. The van der Waals surface area contributed by atoms with Gasteiger partial charge in [-0.2, -0.15) is 0 Å². The van der Waals surface area contributed by atoms with Gasteiger partial charge in [-0.25, -0.2) is 0 Å². The van der Waals surface area contributed by atoms with Gasteiger partial charge in [0.2, 0.25) is 0 Å². The van der Waals surface area contributed by atoms with Crippen molar-refractivity contribution < 1.29 is 14.3 Å². The van der Waals surface area contributed by atoms with Crippen molar-refractivity contribution in [2.24, 2.45) is 5.92 Å². The third kappa shape index (κ3) is 3.10. The van der Waals surface area contributed by atoms with Crippen LogP contribution in [0.5, 0.6) is 5.75 Å². The van der Waals surface area contributed by atoms with Crippen LogP contribution in [0.1, 0.15) is 41.1 Å². The fourth-order valence-electron chi connectivity index (χ4n) is 4.14. The summed E-state index contributed by atoms with van der Waals surface area (Å²) in [4.78, 5) is 12.8. The first kappa shape index (κ1) is 17.1. The van der Waals surface area contributed by atoms with Gasteiger partial charge in [-0.15, -0.1) is 0 Å². The lowest BCUT2D eigenvalue weighted by Gasteiger charge is -2.23. The van der Waals surface area contributed by atoms with E-state index in [-0.39, 0.29) is 23.8 Å². The van der Waals surface area contributed by atoms with Crippen molar-refractivity contribution in [3.05, 3.63) is 64.7 Å². The Morgan fingerprint density at radius 1 is 1.19 bits per heavy atom. The molecule has 4 nitrogen and oxygen atoms in total. The lowest BCUT2D eigenvalue weighted by atomic mass is 9.82. The second-order valence-corrected chi connectivity index (χ2v) is 7.15. The number of fused-ring (bicyclic) bond motifs is 1.